The molecule has 0 unspecified atom stereocenters. The third-order valence-electron chi connectivity index (χ3n) is 4.61. The first kappa shape index (κ1) is 20.7. The monoisotopic (exact) mass is 399 g/mol. The normalized spacial score (nSPS) is 27.3. The van der Waals surface area contributed by atoms with Crippen LogP contribution in [0.4, 0.5) is 0 Å². The summed E-state index contributed by atoms with van der Waals surface area (Å²) in [5.74, 6) is -1.42. The standard InChI is InChI=1S/C19H29NO6S/c1-14-6-8-17(9-7-14)27(21,22)20(10-15-12-23-18(2,3)25-15)11-16-13-24-19(4,5)26-16/h6-9,15-16H,10-13H2,1-5H3/t15-,16-/m0/s1. The number of aryl methyl sites for hydroxylation is 1. The molecule has 7 nitrogen and oxygen atoms in total. The molecular formula is C19H29NO6S. The van der Waals surface area contributed by atoms with E-state index in [0.29, 0.717) is 13.2 Å². The van der Waals surface area contributed by atoms with Gasteiger partial charge in [-0.3, -0.25) is 0 Å². The Bertz CT molecular complexity index is 731. The summed E-state index contributed by atoms with van der Waals surface area (Å²) in [4.78, 5) is 0.254. The molecule has 2 aliphatic rings. The first-order valence-electron chi connectivity index (χ1n) is 9.17. The van der Waals surface area contributed by atoms with E-state index in [-0.39, 0.29) is 30.2 Å². The van der Waals surface area contributed by atoms with Crippen LogP contribution in [0.15, 0.2) is 29.2 Å². The van der Waals surface area contributed by atoms with Gasteiger partial charge in [0, 0.05) is 13.1 Å². The summed E-state index contributed by atoms with van der Waals surface area (Å²) in [6.07, 6.45) is -0.675. The van der Waals surface area contributed by atoms with Gasteiger partial charge in [0.2, 0.25) is 10.0 Å². The highest BCUT2D eigenvalue weighted by molar-refractivity contribution is 7.89. The maximum absolute atomic E-state index is 13.3. The molecule has 0 spiro atoms. The van der Waals surface area contributed by atoms with Crippen molar-refractivity contribution in [1.29, 1.82) is 0 Å². The van der Waals surface area contributed by atoms with Gasteiger partial charge in [-0.2, -0.15) is 4.31 Å². The fraction of sp³-hybridized carbons (Fsp3) is 0.684. The molecule has 0 aromatic heterocycles. The van der Waals surface area contributed by atoms with E-state index in [4.69, 9.17) is 18.9 Å². The molecule has 2 saturated heterocycles. The Morgan fingerprint density at radius 2 is 1.37 bits per heavy atom. The molecule has 152 valence electrons. The van der Waals surface area contributed by atoms with Crippen molar-refractivity contribution in [3.05, 3.63) is 29.8 Å². The van der Waals surface area contributed by atoms with E-state index in [1.165, 1.54) is 4.31 Å². The van der Waals surface area contributed by atoms with Crippen molar-refractivity contribution in [1.82, 2.24) is 4.31 Å². The summed E-state index contributed by atoms with van der Waals surface area (Å²) in [5.41, 5.74) is 1.00. The quantitative estimate of drug-likeness (QED) is 0.731. The maximum Gasteiger partial charge on any atom is 0.243 e. The number of benzene rings is 1. The molecular weight excluding hydrogens is 370 g/mol. The molecule has 0 aliphatic carbocycles. The van der Waals surface area contributed by atoms with Gasteiger partial charge in [0.25, 0.3) is 0 Å². The molecule has 2 aliphatic heterocycles. The van der Waals surface area contributed by atoms with E-state index in [0.717, 1.165) is 5.56 Å². The predicted octanol–water partition coefficient (Wildman–Crippen LogP) is 2.29. The average Bonchev–Trinajstić information content (AvgIpc) is 3.08. The zero-order valence-electron chi connectivity index (χ0n) is 16.6. The van der Waals surface area contributed by atoms with Gasteiger partial charge in [-0.25, -0.2) is 8.42 Å². The van der Waals surface area contributed by atoms with Gasteiger partial charge in [-0.05, 0) is 46.8 Å². The van der Waals surface area contributed by atoms with Crippen LogP contribution >= 0.6 is 0 Å². The molecule has 27 heavy (non-hydrogen) atoms. The number of rotatable bonds is 6. The smallest absolute Gasteiger partial charge is 0.243 e. The van der Waals surface area contributed by atoms with Crippen LogP contribution < -0.4 is 0 Å². The Kier molecular flexibility index (Phi) is 5.69. The average molecular weight is 400 g/mol. The second kappa shape index (κ2) is 7.42. The molecule has 2 heterocycles. The Morgan fingerprint density at radius 1 is 0.926 bits per heavy atom. The Hall–Kier alpha value is -1.03. The van der Waals surface area contributed by atoms with Crippen LogP contribution in [0, 0.1) is 6.92 Å². The minimum Gasteiger partial charge on any atom is -0.348 e. The van der Waals surface area contributed by atoms with E-state index in [9.17, 15) is 8.42 Å². The first-order valence-corrected chi connectivity index (χ1v) is 10.6. The number of nitrogens with zero attached hydrogens (tertiary/aromatic N) is 1. The van der Waals surface area contributed by atoms with Crippen molar-refractivity contribution >= 4 is 10.0 Å². The maximum atomic E-state index is 13.3. The summed E-state index contributed by atoms with van der Waals surface area (Å²) < 4.78 is 50.8. The minimum absolute atomic E-state index is 0.194. The minimum atomic E-state index is -3.71. The molecule has 1 aromatic rings. The lowest BCUT2D eigenvalue weighted by Crippen LogP contribution is -2.44. The van der Waals surface area contributed by atoms with Gasteiger partial charge in [-0.1, -0.05) is 17.7 Å². The molecule has 0 saturated carbocycles. The van der Waals surface area contributed by atoms with Crippen LogP contribution in [0.1, 0.15) is 33.3 Å². The summed E-state index contributed by atoms with van der Waals surface area (Å²) >= 11 is 0. The molecule has 8 heteroatoms. The van der Waals surface area contributed by atoms with Crippen molar-refractivity contribution in [2.45, 2.75) is 63.3 Å². The molecule has 0 radical (unpaired) electrons. The van der Waals surface area contributed by atoms with E-state index in [1.54, 1.807) is 24.3 Å². The van der Waals surface area contributed by atoms with Gasteiger partial charge in [0.1, 0.15) is 0 Å². The molecule has 3 rings (SSSR count). The molecule has 0 bridgehead atoms. The number of hydrogen-bond acceptors (Lipinski definition) is 6. The van der Waals surface area contributed by atoms with Crippen molar-refractivity contribution in [2.75, 3.05) is 26.3 Å². The molecule has 0 N–H and O–H groups in total. The molecule has 2 atom stereocenters. The Labute approximate surface area is 161 Å². The van der Waals surface area contributed by atoms with E-state index in [2.05, 4.69) is 0 Å². The molecule has 2 fully saturated rings. The van der Waals surface area contributed by atoms with Crippen molar-refractivity contribution < 1.29 is 27.4 Å². The van der Waals surface area contributed by atoms with E-state index in [1.807, 2.05) is 34.6 Å². The van der Waals surface area contributed by atoms with Crippen molar-refractivity contribution in [3.63, 3.8) is 0 Å². The zero-order valence-corrected chi connectivity index (χ0v) is 17.4. The second-order valence-corrected chi connectivity index (χ2v) is 9.97. The summed E-state index contributed by atoms with van der Waals surface area (Å²) in [6.45, 7) is 10.3. The third kappa shape index (κ3) is 5.07. The Balaban J connectivity index is 1.81. The number of hydrogen-bond donors (Lipinski definition) is 0. The lowest BCUT2D eigenvalue weighted by Gasteiger charge is -2.27. The van der Waals surface area contributed by atoms with E-state index >= 15 is 0 Å². The third-order valence-corrected chi connectivity index (χ3v) is 6.45. The first-order chi connectivity index (χ1) is 12.5. The molecule has 0 amide bonds. The van der Waals surface area contributed by atoms with Crippen LogP contribution in [-0.4, -0.2) is 62.8 Å². The topological polar surface area (TPSA) is 74.3 Å². The summed E-state index contributed by atoms with van der Waals surface area (Å²) in [5, 5.41) is 0. The summed E-state index contributed by atoms with van der Waals surface area (Å²) in [7, 11) is -3.71. The van der Waals surface area contributed by atoms with Crippen LogP contribution in [-0.2, 0) is 29.0 Å². The van der Waals surface area contributed by atoms with Gasteiger partial charge in [0.15, 0.2) is 11.6 Å². The van der Waals surface area contributed by atoms with E-state index < -0.39 is 21.6 Å². The fourth-order valence-corrected chi connectivity index (χ4v) is 4.79. The highest BCUT2D eigenvalue weighted by Gasteiger charge is 2.40. The van der Waals surface area contributed by atoms with Crippen LogP contribution in [0.25, 0.3) is 0 Å². The predicted molar refractivity (Wildman–Crippen MR) is 99.7 cm³/mol. The Morgan fingerprint density at radius 3 is 1.74 bits per heavy atom. The lowest BCUT2D eigenvalue weighted by atomic mass is 10.2. The zero-order chi connectivity index (χ0) is 19.9. The van der Waals surface area contributed by atoms with Gasteiger partial charge in [0.05, 0.1) is 30.3 Å². The second-order valence-electron chi connectivity index (χ2n) is 8.04. The summed E-state index contributed by atoms with van der Waals surface area (Å²) in [6, 6.07) is 6.84. The SMILES string of the molecule is Cc1ccc(S(=O)(=O)N(C[C@H]2COC(C)(C)O2)C[C@H]2COC(C)(C)O2)cc1. The largest absolute Gasteiger partial charge is 0.348 e. The van der Waals surface area contributed by atoms with Gasteiger partial charge >= 0.3 is 0 Å². The van der Waals surface area contributed by atoms with Crippen LogP contribution in [0.5, 0.6) is 0 Å². The number of sulfonamides is 1. The fourth-order valence-electron chi connectivity index (χ4n) is 3.29. The lowest BCUT2D eigenvalue weighted by molar-refractivity contribution is -0.142. The number of ether oxygens (including phenoxy) is 4. The van der Waals surface area contributed by atoms with Gasteiger partial charge < -0.3 is 18.9 Å². The van der Waals surface area contributed by atoms with Gasteiger partial charge in [-0.15, -0.1) is 0 Å². The highest BCUT2D eigenvalue weighted by Crippen LogP contribution is 2.28. The van der Waals surface area contributed by atoms with Crippen molar-refractivity contribution in [3.8, 4) is 0 Å². The van der Waals surface area contributed by atoms with Crippen molar-refractivity contribution in [2.24, 2.45) is 0 Å². The highest BCUT2D eigenvalue weighted by atomic mass is 32.2. The van der Waals surface area contributed by atoms with Crippen LogP contribution in [0.2, 0.25) is 0 Å². The molecule has 1 aromatic carbocycles. The van der Waals surface area contributed by atoms with Crippen LogP contribution in [0.3, 0.4) is 0 Å².